The topological polar surface area (TPSA) is 98.9 Å². The van der Waals surface area contributed by atoms with E-state index in [9.17, 15) is 30.8 Å². The maximum Gasteiger partial charge on any atom is 0.435 e. The Morgan fingerprint density at radius 2 is 1.91 bits per heavy atom. The summed E-state index contributed by atoms with van der Waals surface area (Å²) in [5.74, 6) is -1.12. The van der Waals surface area contributed by atoms with Crippen LogP contribution in [0.25, 0.3) is 10.9 Å². The van der Waals surface area contributed by atoms with Crippen molar-refractivity contribution in [2.45, 2.75) is 32.0 Å². The molecule has 0 spiro atoms. The van der Waals surface area contributed by atoms with E-state index in [4.69, 9.17) is 0 Å². The van der Waals surface area contributed by atoms with Crippen LogP contribution in [0.4, 0.5) is 17.6 Å². The van der Waals surface area contributed by atoms with Crippen molar-refractivity contribution in [2.24, 2.45) is 5.92 Å². The molecule has 1 fully saturated rings. The number of benzene rings is 1. The molecule has 0 atom stereocenters. The second-order valence-electron chi connectivity index (χ2n) is 8.24. The minimum absolute atomic E-state index is 0.0439. The van der Waals surface area contributed by atoms with Crippen LogP contribution in [0.1, 0.15) is 41.0 Å². The van der Waals surface area contributed by atoms with Crippen LogP contribution >= 0.6 is 0 Å². The van der Waals surface area contributed by atoms with Gasteiger partial charge >= 0.3 is 6.18 Å². The average Bonchev–Trinajstić information content (AvgIpc) is 3.42. The van der Waals surface area contributed by atoms with Gasteiger partial charge in [0, 0.05) is 24.4 Å². The fraction of sp³-hybridized carbons (Fsp3) is 0.429. The maximum atomic E-state index is 14.7. The zero-order valence-corrected chi connectivity index (χ0v) is 18.3. The van der Waals surface area contributed by atoms with E-state index in [1.165, 1.54) is 11.0 Å². The molecule has 2 aromatic heterocycles. The molecular weight excluding hydrogens is 464 g/mol. The molecule has 33 heavy (non-hydrogen) atoms. The Morgan fingerprint density at radius 1 is 1.18 bits per heavy atom. The lowest BCUT2D eigenvalue weighted by atomic mass is 9.98. The highest BCUT2D eigenvalue weighted by molar-refractivity contribution is 7.91. The van der Waals surface area contributed by atoms with Gasteiger partial charge in [-0.15, -0.1) is 0 Å². The van der Waals surface area contributed by atoms with Crippen molar-refractivity contribution in [1.82, 2.24) is 20.1 Å². The number of carbonyl (C=O) groups excluding carboxylic acids is 1. The first kappa shape index (κ1) is 23.3. The number of halogens is 4. The summed E-state index contributed by atoms with van der Waals surface area (Å²) in [6, 6.07) is 5.24. The Kier molecular flexibility index (Phi) is 6.21. The number of H-pyrrole nitrogens is 2. The van der Waals surface area contributed by atoms with Crippen molar-refractivity contribution in [3.63, 3.8) is 0 Å². The van der Waals surface area contributed by atoms with Gasteiger partial charge in [-0.1, -0.05) is 0 Å². The summed E-state index contributed by atoms with van der Waals surface area (Å²) in [6.45, 7) is -0.0473. The van der Waals surface area contributed by atoms with Crippen molar-refractivity contribution >= 4 is 26.6 Å². The number of sulfone groups is 1. The Labute approximate surface area is 187 Å². The van der Waals surface area contributed by atoms with E-state index >= 15 is 0 Å². The largest absolute Gasteiger partial charge is 0.435 e. The first-order valence-electron chi connectivity index (χ1n) is 10.4. The summed E-state index contributed by atoms with van der Waals surface area (Å²) in [4.78, 5) is 17.3. The van der Waals surface area contributed by atoms with E-state index in [0.29, 0.717) is 30.8 Å². The van der Waals surface area contributed by atoms with Gasteiger partial charge in [0.15, 0.2) is 5.69 Å². The number of nitrogens with one attached hydrogen (secondary N) is 2. The quantitative estimate of drug-likeness (QED) is 0.516. The van der Waals surface area contributed by atoms with Crippen molar-refractivity contribution < 1.29 is 30.8 Å². The highest BCUT2D eigenvalue weighted by atomic mass is 32.2. The smallest absolute Gasteiger partial charge is 0.361 e. The molecule has 7 nitrogen and oxygen atoms in total. The molecule has 3 heterocycles. The van der Waals surface area contributed by atoms with E-state index in [2.05, 4.69) is 15.2 Å². The molecule has 0 radical (unpaired) electrons. The van der Waals surface area contributed by atoms with Gasteiger partial charge < -0.3 is 9.88 Å². The lowest BCUT2D eigenvalue weighted by Gasteiger charge is -2.27. The van der Waals surface area contributed by atoms with Crippen molar-refractivity contribution in [2.75, 3.05) is 18.1 Å². The van der Waals surface area contributed by atoms with E-state index in [1.807, 2.05) is 0 Å². The van der Waals surface area contributed by atoms with Crippen LogP contribution in [0.5, 0.6) is 0 Å². The molecule has 0 saturated carbocycles. The molecule has 4 rings (SSSR count). The van der Waals surface area contributed by atoms with Crippen LogP contribution in [-0.4, -0.2) is 52.5 Å². The second kappa shape index (κ2) is 8.81. The molecule has 1 aromatic carbocycles. The van der Waals surface area contributed by atoms with Crippen molar-refractivity contribution in [3.05, 3.63) is 53.2 Å². The molecule has 1 amide bonds. The van der Waals surface area contributed by atoms with Crippen LogP contribution in [0.2, 0.25) is 0 Å². The molecule has 12 heteroatoms. The predicted octanol–water partition coefficient (Wildman–Crippen LogP) is 3.91. The summed E-state index contributed by atoms with van der Waals surface area (Å²) in [6.07, 6.45) is -1.73. The van der Waals surface area contributed by atoms with Crippen LogP contribution in [0, 0.1) is 11.7 Å². The summed E-state index contributed by atoms with van der Waals surface area (Å²) in [5, 5.41) is 6.04. The van der Waals surface area contributed by atoms with Crippen LogP contribution in [0.3, 0.4) is 0 Å². The number of fused-ring (bicyclic) bond motifs is 1. The number of aromatic nitrogens is 3. The van der Waals surface area contributed by atoms with Gasteiger partial charge in [0.05, 0.1) is 23.6 Å². The number of aromatic amines is 2. The third-order valence-corrected chi connectivity index (χ3v) is 7.71. The SMILES string of the molecule is O=C(c1cc(C(F)(F)F)n[nH]1)N(CCC1CCS(=O)(=O)CC1)Cc1c(F)ccc2cc[nH]c12. The highest BCUT2D eigenvalue weighted by Gasteiger charge is 2.35. The third kappa shape index (κ3) is 5.21. The van der Waals surface area contributed by atoms with Crippen LogP contribution < -0.4 is 0 Å². The van der Waals surface area contributed by atoms with Gasteiger partial charge in [-0.05, 0) is 48.8 Å². The Hall–Kier alpha value is -2.89. The molecule has 0 bridgehead atoms. The third-order valence-electron chi connectivity index (χ3n) is 5.99. The van der Waals surface area contributed by atoms with E-state index in [1.54, 1.807) is 18.3 Å². The maximum absolute atomic E-state index is 14.7. The van der Waals surface area contributed by atoms with Gasteiger partial charge in [0.25, 0.3) is 5.91 Å². The number of hydrogen-bond donors (Lipinski definition) is 2. The molecule has 0 unspecified atom stereocenters. The summed E-state index contributed by atoms with van der Waals surface area (Å²) in [7, 11) is -3.05. The monoisotopic (exact) mass is 486 g/mol. The highest BCUT2D eigenvalue weighted by Crippen LogP contribution is 2.29. The molecular formula is C21H22F4N4O3S. The Bertz CT molecular complexity index is 1250. The Morgan fingerprint density at radius 3 is 2.58 bits per heavy atom. The van der Waals surface area contributed by atoms with Gasteiger partial charge in [-0.2, -0.15) is 18.3 Å². The number of rotatable bonds is 6. The van der Waals surface area contributed by atoms with Crippen molar-refractivity contribution in [1.29, 1.82) is 0 Å². The zero-order chi connectivity index (χ0) is 23.8. The molecule has 1 aliphatic rings. The lowest BCUT2D eigenvalue weighted by molar-refractivity contribution is -0.141. The zero-order valence-electron chi connectivity index (χ0n) is 17.5. The van der Waals surface area contributed by atoms with Crippen molar-refractivity contribution in [3.8, 4) is 0 Å². The van der Waals surface area contributed by atoms with Gasteiger partial charge in [-0.3, -0.25) is 9.89 Å². The first-order chi connectivity index (χ1) is 15.5. The lowest BCUT2D eigenvalue weighted by Crippen LogP contribution is -2.34. The summed E-state index contributed by atoms with van der Waals surface area (Å²) >= 11 is 0. The fourth-order valence-corrected chi connectivity index (χ4v) is 5.66. The van der Waals surface area contributed by atoms with Crippen LogP contribution in [-0.2, 0) is 22.6 Å². The molecule has 3 aromatic rings. The molecule has 0 aliphatic carbocycles. The number of nitrogens with zero attached hydrogens (tertiary/aromatic N) is 2. The van der Waals surface area contributed by atoms with Gasteiger partial charge in [-0.25, -0.2) is 12.8 Å². The number of amides is 1. The molecule has 1 aliphatic heterocycles. The van der Waals surface area contributed by atoms with E-state index < -0.39 is 33.4 Å². The van der Waals surface area contributed by atoms with Gasteiger partial charge in [0.2, 0.25) is 0 Å². The predicted molar refractivity (Wildman–Crippen MR) is 113 cm³/mol. The molecule has 1 saturated heterocycles. The summed E-state index contributed by atoms with van der Waals surface area (Å²) in [5.41, 5.74) is -0.863. The minimum atomic E-state index is -4.71. The van der Waals surface area contributed by atoms with Crippen LogP contribution in [0.15, 0.2) is 30.5 Å². The number of carbonyl (C=O) groups is 1. The fourth-order valence-electron chi connectivity index (χ4n) is 4.08. The second-order valence-corrected chi connectivity index (χ2v) is 10.5. The van der Waals surface area contributed by atoms with Gasteiger partial charge in [0.1, 0.15) is 21.3 Å². The van der Waals surface area contributed by atoms with E-state index in [0.717, 1.165) is 5.39 Å². The van der Waals surface area contributed by atoms with E-state index in [-0.39, 0.29) is 41.8 Å². The molecule has 178 valence electrons. The minimum Gasteiger partial charge on any atom is -0.361 e. The number of hydrogen-bond acceptors (Lipinski definition) is 4. The standard InChI is InChI=1S/C21H22F4N4O3S/c22-16-2-1-14-3-7-26-19(14)15(16)12-29(8-4-13-5-9-33(31,32)10-6-13)20(30)17-11-18(28-27-17)21(23,24)25/h1-3,7,11,13,26H,4-6,8-10,12H2,(H,27,28). The Balaban J connectivity index is 1.59. The molecule has 2 N–H and O–H groups in total. The number of alkyl halides is 3. The normalized spacial score (nSPS) is 16.8. The average molecular weight is 486 g/mol. The first-order valence-corrected chi connectivity index (χ1v) is 12.2. The summed E-state index contributed by atoms with van der Waals surface area (Å²) < 4.78 is 76.9.